The maximum atomic E-state index is 11.1. The summed E-state index contributed by atoms with van der Waals surface area (Å²) >= 11 is 0. The monoisotopic (exact) mass is 296 g/mol. The topological polar surface area (TPSA) is 59.7 Å². The van der Waals surface area contributed by atoms with Crippen LogP contribution in [0.25, 0.3) is 22.3 Å². The Balaban J connectivity index is 1.86. The third kappa shape index (κ3) is 2.68. The minimum atomic E-state index is -1.26. The molecule has 0 spiro atoms. The lowest BCUT2D eigenvalue weighted by atomic mass is 10.1. The van der Waals surface area contributed by atoms with Crippen molar-refractivity contribution in [3.63, 3.8) is 0 Å². The van der Waals surface area contributed by atoms with Crippen LogP contribution < -0.4 is 4.74 Å². The number of hydrogen-bond acceptors (Lipinski definition) is 3. The van der Waals surface area contributed by atoms with Gasteiger partial charge in [0.05, 0.1) is 0 Å². The molecule has 0 bridgehead atoms. The molecule has 0 fully saturated rings. The number of rotatable bonds is 4. The fraction of sp³-hybridized carbons (Fsp3) is 0.167. The Morgan fingerprint density at radius 2 is 1.77 bits per heavy atom. The van der Waals surface area contributed by atoms with Gasteiger partial charge in [-0.3, -0.25) is 0 Å². The van der Waals surface area contributed by atoms with E-state index < -0.39 is 11.6 Å². The molecule has 22 heavy (non-hydrogen) atoms. The first-order valence-corrected chi connectivity index (χ1v) is 6.97. The Morgan fingerprint density at radius 3 is 2.41 bits per heavy atom. The van der Waals surface area contributed by atoms with Crippen LogP contribution in [0.5, 0.6) is 5.75 Å². The van der Waals surface area contributed by atoms with Crippen molar-refractivity contribution in [2.45, 2.75) is 19.4 Å². The lowest BCUT2D eigenvalue weighted by molar-refractivity contribution is -0.152. The van der Waals surface area contributed by atoms with Gasteiger partial charge < -0.3 is 14.3 Å². The molecule has 1 heterocycles. The molecule has 0 aliphatic heterocycles. The normalized spacial score (nSPS) is 11.5. The van der Waals surface area contributed by atoms with Gasteiger partial charge in [0.1, 0.15) is 17.1 Å². The third-order valence-corrected chi connectivity index (χ3v) is 3.45. The highest BCUT2D eigenvalue weighted by Gasteiger charge is 2.29. The van der Waals surface area contributed by atoms with Gasteiger partial charge in [0.15, 0.2) is 5.60 Å². The highest BCUT2D eigenvalue weighted by atomic mass is 16.5. The Kier molecular flexibility index (Phi) is 3.37. The van der Waals surface area contributed by atoms with Crippen molar-refractivity contribution in [2.75, 3.05) is 0 Å². The van der Waals surface area contributed by atoms with Crippen LogP contribution in [0.2, 0.25) is 0 Å². The minimum absolute atomic E-state index is 0.507. The summed E-state index contributed by atoms with van der Waals surface area (Å²) < 4.78 is 11.3. The first-order chi connectivity index (χ1) is 10.5. The van der Waals surface area contributed by atoms with Gasteiger partial charge in [-0.25, -0.2) is 4.79 Å². The van der Waals surface area contributed by atoms with Crippen molar-refractivity contribution >= 4 is 16.9 Å². The summed E-state index contributed by atoms with van der Waals surface area (Å²) in [7, 11) is 0. The maximum Gasteiger partial charge on any atom is 0.347 e. The fourth-order valence-electron chi connectivity index (χ4n) is 2.15. The van der Waals surface area contributed by atoms with Gasteiger partial charge in [-0.2, -0.15) is 0 Å². The number of benzene rings is 2. The van der Waals surface area contributed by atoms with Crippen LogP contribution in [0, 0.1) is 0 Å². The number of ether oxygens (including phenoxy) is 1. The lowest BCUT2D eigenvalue weighted by Crippen LogP contribution is -2.37. The SMILES string of the molecule is CC(C)(Oc1ccc(-c2cc3ccccc3o2)cc1)C(=O)O. The number of aliphatic carboxylic acids is 1. The van der Waals surface area contributed by atoms with Crippen LogP contribution in [-0.4, -0.2) is 16.7 Å². The average Bonchev–Trinajstić information content (AvgIpc) is 2.91. The number of fused-ring (bicyclic) bond motifs is 1. The summed E-state index contributed by atoms with van der Waals surface area (Å²) in [5.74, 6) is 0.270. The molecule has 3 rings (SSSR count). The van der Waals surface area contributed by atoms with Gasteiger partial charge in [0, 0.05) is 10.9 Å². The summed E-state index contributed by atoms with van der Waals surface area (Å²) in [6.45, 7) is 3.03. The largest absolute Gasteiger partial charge is 0.478 e. The summed E-state index contributed by atoms with van der Waals surface area (Å²) in [6, 6.07) is 17.0. The van der Waals surface area contributed by atoms with Crippen molar-refractivity contribution in [2.24, 2.45) is 0 Å². The van der Waals surface area contributed by atoms with E-state index in [2.05, 4.69) is 0 Å². The van der Waals surface area contributed by atoms with E-state index in [1.807, 2.05) is 42.5 Å². The summed E-state index contributed by atoms with van der Waals surface area (Å²) in [4.78, 5) is 11.1. The molecule has 0 saturated carbocycles. The second kappa shape index (κ2) is 5.22. The predicted molar refractivity (Wildman–Crippen MR) is 84.0 cm³/mol. The van der Waals surface area contributed by atoms with E-state index in [0.29, 0.717) is 5.75 Å². The highest BCUT2D eigenvalue weighted by molar-refractivity contribution is 5.82. The van der Waals surface area contributed by atoms with Gasteiger partial charge in [0.25, 0.3) is 0 Å². The molecule has 0 radical (unpaired) electrons. The number of carboxylic acid groups (broad SMARTS) is 1. The van der Waals surface area contributed by atoms with Crippen LogP contribution in [0.1, 0.15) is 13.8 Å². The summed E-state index contributed by atoms with van der Waals surface area (Å²) in [5, 5.41) is 10.1. The molecule has 112 valence electrons. The Labute approximate surface area is 127 Å². The van der Waals surface area contributed by atoms with E-state index >= 15 is 0 Å². The fourth-order valence-corrected chi connectivity index (χ4v) is 2.15. The Hall–Kier alpha value is -2.75. The zero-order chi connectivity index (χ0) is 15.7. The number of carboxylic acids is 1. The van der Waals surface area contributed by atoms with Gasteiger partial charge in [-0.1, -0.05) is 18.2 Å². The molecule has 3 aromatic rings. The van der Waals surface area contributed by atoms with E-state index in [1.165, 1.54) is 13.8 Å². The minimum Gasteiger partial charge on any atom is -0.478 e. The number of furan rings is 1. The second-order valence-electron chi connectivity index (χ2n) is 5.59. The first kappa shape index (κ1) is 14.2. The summed E-state index contributed by atoms with van der Waals surface area (Å²) in [6.07, 6.45) is 0. The Bertz CT molecular complexity index is 779. The molecular formula is C18H16O4. The average molecular weight is 296 g/mol. The van der Waals surface area contributed by atoms with E-state index in [0.717, 1.165) is 22.3 Å². The van der Waals surface area contributed by atoms with Gasteiger partial charge in [-0.15, -0.1) is 0 Å². The molecule has 1 N–H and O–H groups in total. The van der Waals surface area contributed by atoms with Gasteiger partial charge >= 0.3 is 5.97 Å². The van der Waals surface area contributed by atoms with Crippen molar-refractivity contribution in [1.82, 2.24) is 0 Å². The first-order valence-electron chi connectivity index (χ1n) is 6.97. The number of para-hydroxylation sites is 1. The van der Waals surface area contributed by atoms with Gasteiger partial charge in [0.2, 0.25) is 0 Å². The molecule has 4 nitrogen and oxygen atoms in total. The number of hydrogen-bond donors (Lipinski definition) is 1. The zero-order valence-corrected chi connectivity index (χ0v) is 12.4. The van der Waals surface area contributed by atoms with Crippen LogP contribution >= 0.6 is 0 Å². The Morgan fingerprint density at radius 1 is 1.09 bits per heavy atom. The molecule has 0 saturated heterocycles. The van der Waals surface area contributed by atoms with E-state index in [9.17, 15) is 4.79 Å². The zero-order valence-electron chi connectivity index (χ0n) is 12.4. The van der Waals surface area contributed by atoms with E-state index in [4.69, 9.17) is 14.3 Å². The molecular weight excluding hydrogens is 280 g/mol. The molecule has 4 heteroatoms. The van der Waals surface area contributed by atoms with Crippen LogP contribution in [0.3, 0.4) is 0 Å². The van der Waals surface area contributed by atoms with Crippen LogP contribution in [0.15, 0.2) is 59.0 Å². The van der Waals surface area contributed by atoms with Crippen LogP contribution in [0.4, 0.5) is 0 Å². The molecule has 2 aromatic carbocycles. The predicted octanol–water partition coefficient (Wildman–Crippen LogP) is 4.34. The van der Waals surface area contributed by atoms with E-state index in [-0.39, 0.29) is 0 Å². The second-order valence-corrected chi connectivity index (χ2v) is 5.59. The molecule has 0 unspecified atom stereocenters. The third-order valence-electron chi connectivity index (χ3n) is 3.45. The lowest BCUT2D eigenvalue weighted by Gasteiger charge is -2.21. The van der Waals surface area contributed by atoms with Crippen molar-refractivity contribution in [1.29, 1.82) is 0 Å². The molecule has 0 aliphatic carbocycles. The maximum absolute atomic E-state index is 11.1. The van der Waals surface area contributed by atoms with Crippen molar-refractivity contribution in [3.05, 3.63) is 54.6 Å². The quantitative estimate of drug-likeness (QED) is 0.778. The molecule has 0 aliphatic rings. The van der Waals surface area contributed by atoms with Gasteiger partial charge in [-0.05, 0) is 50.2 Å². The molecule has 0 atom stereocenters. The summed E-state index contributed by atoms with van der Waals surface area (Å²) in [5.41, 5.74) is 0.488. The van der Waals surface area contributed by atoms with Crippen molar-refractivity contribution in [3.8, 4) is 17.1 Å². The van der Waals surface area contributed by atoms with Crippen molar-refractivity contribution < 1.29 is 19.1 Å². The van der Waals surface area contributed by atoms with Crippen LogP contribution in [-0.2, 0) is 4.79 Å². The smallest absolute Gasteiger partial charge is 0.347 e. The van der Waals surface area contributed by atoms with E-state index in [1.54, 1.807) is 12.1 Å². The highest BCUT2D eigenvalue weighted by Crippen LogP contribution is 2.29. The number of carbonyl (C=O) groups is 1. The molecule has 0 amide bonds. The molecule has 1 aromatic heterocycles. The standard InChI is InChI=1S/C18H16O4/c1-18(2,17(19)20)22-14-9-7-12(8-10-14)16-11-13-5-3-4-6-15(13)21-16/h3-11H,1-2H3,(H,19,20).